The van der Waals surface area contributed by atoms with Crippen molar-refractivity contribution in [2.75, 3.05) is 30.6 Å². The quantitative estimate of drug-likeness (QED) is 0.684. The minimum absolute atomic E-state index is 0.103. The van der Waals surface area contributed by atoms with Crippen LogP contribution in [0.25, 0.3) is 0 Å². The lowest BCUT2D eigenvalue weighted by atomic mass is 10.00. The summed E-state index contributed by atoms with van der Waals surface area (Å²) in [5, 5.41) is 0. The van der Waals surface area contributed by atoms with Crippen molar-refractivity contribution in [3.63, 3.8) is 0 Å². The van der Waals surface area contributed by atoms with E-state index < -0.39 is 16.3 Å². The molecule has 2 aromatic rings. The van der Waals surface area contributed by atoms with Crippen LogP contribution in [0.15, 0.2) is 59.5 Å². The number of carbonyl (C=O) groups excluding carboxylic acids is 1. The average Bonchev–Trinajstić information content (AvgIpc) is 3.35. The second-order valence-electron chi connectivity index (χ2n) is 7.70. The van der Waals surface area contributed by atoms with Crippen molar-refractivity contribution < 1.29 is 22.7 Å². The molecule has 0 saturated carbocycles. The Kier molecular flexibility index (Phi) is 6.60. The molecule has 2 aliphatic heterocycles. The second kappa shape index (κ2) is 9.38. The van der Waals surface area contributed by atoms with Crippen molar-refractivity contribution in [3.8, 4) is 0 Å². The van der Waals surface area contributed by atoms with Gasteiger partial charge in [-0.15, -0.1) is 0 Å². The molecule has 2 fully saturated rings. The fraction of sp³-hybridized carbons (Fsp3) is 0.435. The predicted octanol–water partition coefficient (Wildman–Crippen LogP) is 3.27. The van der Waals surface area contributed by atoms with E-state index >= 15 is 0 Å². The highest BCUT2D eigenvalue weighted by atomic mass is 32.2. The minimum Gasteiger partial charge on any atom is -0.348 e. The van der Waals surface area contributed by atoms with Crippen molar-refractivity contribution in [1.29, 1.82) is 0 Å². The molecule has 2 saturated heterocycles. The molecule has 2 aromatic carbocycles. The minimum atomic E-state index is -3.81. The summed E-state index contributed by atoms with van der Waals surface area (Å²) >= 11 is 0. The number of hydrogen-bond donors (Lipinski definition) is 0. The SMILES string of the molecule is CCN(c1ccccc1)S(=O)(=O)c1cccc(C(=O)N2CCCCC2C2OCCO2)c1. The zero-order valence-corrected chi connectivity index (χ0v) is 18.5. The highest BCUT2D eigenvalue weighted by Gasteiger charge is 2.37. The lowest BCUT2D eigenvalue weighted by molar-refractivity contribution is -0.100. The van der Waals surface area contributed by atoms with E-state index in [-0.39, 0.29) is 23.4 Å². The number of ether oxygens (including phenoxy) is 2. The first-order chi connectivity index (χ1) is 15.0. The molecule has 8 heteroatoms. The van der Waals surface area contributed by atoms with Crippen LogP contribution in [0.1, 0.15) is 36.5 Å². The number of nitrogens with zero attached hydrogens (tertiary/aromatic N) is 2. The molecule has 1 atom stereocenters. The van der Waals surface area contributed by atoms with Crippen LogP contribution in [0.2, 0.25) is 0 Å². The molecule has 0 spiro atoms. The molecule has 0 aliphatic carbocycles. The summed E-state index contributed by atoms with van der Waals surface area (Å²) in [5.41, 5.74) is 0.948. The third kappa shape index (κ3) is 4.46. The van der Waals surface area contributed by atoms with E-state index in [9.17, 15) is 13.2 Å². The summed E-state index contributed by atoms with van der Waals surface area (Å²) in [6.07, 6.45) is 2.32. The number of amides is 1. The Morgan fingerprint density at radius 2 is 1.81 bits per heavy atom. The highest BCUT2D eigenvalue weighted by Crippen LogP contribution is 2.28. The smallest absolute Gasteiger partial charge is 0.264 e. The number of likely N-dealkylation sites (tertiary alicyclic amines) is 1. The van der Waals surface area contributed by atoms with Gasteiger partial charge in [0.1, 0.15) is 0 Å². The number of carbonyl (C=O) groups is 1. The number of anilines is 1. The van der Waals surface area contributed by atoms with E-state index in [1.165, 1.54) is 16.4 Å². The van der Waals surface area contributed by atoms with Gasteiger partial charge in [-0.2, -0.15) is 0 Å². The molecule has 0 radical (unpaired) electrons. The lowest BCUT2D eigenvalue weighted by Crippen LogP contribution is -2.50. The van der Waals surface area contributed by atoms with Gasteiger partial charge in [-0.25, -0.2) is 8.42 Å². The normalized spacial score (nSPS) is 20.0. The summed E-state index contributed by atoms with van der Waals surface area (Å²) in [6, 6.07) is 15.1. The first kappa shape index (κ1) is 21.8. The van der Waals surface area contributed by atoms with Crippen molar-refractivity contribution in [1.82, 2.24) is 4.90 Å². The Balaban J connectivity index is 1.62. The Hall–Kier alpha value is -2.42. The third-order valence-corrected chi connectivity index (χ3v) is 7.67. The second-order valence-corrected chi connectivity index (χ2v) is 9.57. The summed E-state index contributed by atoms with van der Waals surface area (Å²) in [5.74, 6) is -0.191. The Morgan fingerprint density at radius 1 is 1.06 bits per heavy atom. The Morgan fingerprint density at radius 3 is 2.52 bits per heavy atom. The van der Waals surface area contributed by atoms with Crippen molar-refractivity contribution >= 4 is 21.6 Å². The molecule has 7 nitrogen and oxygen atoms in total. The van der Waals surface area contributed by atoms with Gasteiger partial charge >= 0.3 is 0 Å². The monoisotopic (exact) mass is 444 g/mol. The maximum atomic E-state index is 13.4. The molecule has 166 valence electrons. The van der Waals surface area contributed by atoms with Gasteiger partial charge < -0.3 is 14.4 Å². The standard InChI is InChI=1S/C23H28N2O5S/c1-2-25(19-10-4-3-5-11-19)31(27,28)20-12-8-9-18(17-20)22(26)24-14-7-6-13-21(24)23-29-15-16-30-23/h3-5,8-12,17,21,23H,2,6-7,13-16H2,1H3. The molecule has 2 aliphatic rings. The first-order valence-electron chi connectivity index (χ1n) is 10.7. The maximum Gasteiger partial charge on any atom is 0.264 e. The number of sulfonamides is 1. The molecule has 1 amide bonds. The number of hydrogen-bond acceptors (Lipinski definition) is 5. The van der Waals surface area contributed by atoms with Gasteiger partial charge in [-0.3, -0.25) is 9.10 Å². The van der Waals surface area contributed by atoms with Crippen LogP contribution in [0.4, 0.5) is 5.69 Å². The molecule has 0 aromatic heterocycles. The van der Waals surface area contributed by atoms with Gasteiger partial charge in [0, 0.05) is 18.7 Å². The van der Waals surface area contributed by atoms with Crippen LogP contribution in [-0.4, -0.2) is 57.9 Å². The van der Waals surface area contributed by atoms with E-state index in [4.69, 9.17) is 9.47 Å². The average molecular weight is 445 g/mol. The largest absolute Gasteiger partial charge is 0.348 e. The predicted molar refractivity (Wildman–Crippen MR) is 117 cm³/mol. The molecular formula is C23H28N2O5S. The van der Waals surface area contributed by atoms with Crippen molar-refractivity contribution in [3.05, 3.63) is 60.2 Å². The summed E-state index contributed by atoms with van der Waals surface area (Å²) in [4.78, 5) is 15.2. The van der Waals surface area contributed by atoms with Crippen LogP contribution in [0, 0.1) is 0 Å². The van der Waals surface area contributed by atoms with Gasteiger partial charge in [0.25, 0.3) is 15.9 Å². The van der Waals surface area contributed by atoms with E-state index in [0.29, 0.717) is 31.0 Å². The number of para-hydroxylation sites is 1. The van der Waals surface area contributed by atoms with Gasteiger partial charge in [0.15, 0.2) is 6.29 Å². The fourth-order valence-electron chi connectivity index (χ4n) is 4.26. The van der Waals surface area contributed by atoms with Crippen LogP contribution in [0.5, 0.6) is 0 Å². The number of benzene rings is 2. The summed E-state index contributed by atoms with van der Waals surface area (Å²) in [7, 11) is -3.81. The summed E-state index contributed by atoms with van der Waals surface area (Å²) in [6.45, 7) is 3.75. The van der Waals surface area contributed by atoms with E-state index in [0.717, 1.165) is 19.3 Å². The number of rotatable bonds is 6. The molecule has 0 N–H and O–H groups in total. The van der Waals surface area contributed by atoms with Crippen LogP contribution in [-0.2, 0) is 19.5 Å². The maximum absolute atomic E-state index is 13.4. The fourth-order valence-corrected chi connectivity index (χ4v) is 5.78. The third-order valence-electron chi connectivity index (χ3n) is 5.77. The molecule has 4 rings (SSSR count). The molecule has 31 heavy (non-hydrogen) atoms. The Labute approximate surface area is 183 Å². The lowest BCUT2D eigenvalue weighted by Gasteiger charge is -2.38. The van der Waals surface area contributed by atoms with Gasteiger partial charge in [-0.05, 0) is 56.5 Å². The number of piperidine rings is 1. The molecule has 1 unspecified atom stereocenters. The van der Waals surface area contributed by atoms with Gasteiger partial charge in [-0.1, -0.05) is 24.3 Å². The van der Waals surface area contributed by atoms with Crippen LogP contribution in [0.3, 0.4) is 0 Å². The molecular weight excluding hydrogens is 416 g/mol. The highest BCUT2D eigenvalue weighted by molar-refractivity contribution is 7.92. The zero-order valence-electron chi connectivity index (χ0n) is 17.6. The first-order valence-corrected chi connectivity index (χ1v) is 12.2. The summed E-state index contributed by atoms with van der Waals surface area (Å²) < 4.78 is 39.4. The Bertz CT molecular complexity index is 1010. The topological polar surface area (TPSA) is 76.2 Å². The van der Waals surface area contributed by atoms with Gasteiger partial charge in [0.05, 0.1) is 29.8 Å². The zero-order chi connectivity index (χ0) is 21.8. The van der Waals surface area contributed by atoms with E-state index in [1.807, 2.05) is 6.07 Å². The van der Waals surface area contributed by atoms with Crippen molar-refractivity contribution in [2.45, 2.75) is 43.4 Å². The molecule has 2 heterocycles. The van der Waals surface area contributed by atoms with E-state index in [1.54, 1.807) is 48.2 Å². The van der Waals surface area contributed by atoms with Crippen LogP contribution < -0.4 is 4.31 Å². The van der Waals surface area contributed by atoms with Gasteiger partial charge in [0.2, 0.25) is 0 Å². The van der Waals surface area contributed by atoms with Crippen LogP contribution >= 0.6 is 0 Å². The van der Waals surface area contributed by atoms with Crippen molar-refractivity contribution in [2.24, 2.45) is 0 Å². The molecule has 0 bridgehead atoms. The van der Waals surface area contributed by atoms with E-state index in [2.05, 4.69) is 0 Å².